The number of aromatic nitrogens is 2. The quantitative estimate of drug-likeness (QED) is 0.831. The first-order valence-electron chi connectivity index (χ1n) is 8.78. The third-order valence-corrected chi connectivity index (χ3v) is 7.81. The highest BCUT2D eigenvalue weighted by Gasteiger charge is 2.33. The Balaban J connectivity index is 1.55. The second-order valence-electron chi connectivity index (χ2n) is 6.55. The van der Waals surface area contributed by atoms with Crippen LogP contribution < -0.4 is 0 Å². The van der Waals surface area contributed by atoms with Crippen LogP contribution in [-0.4, -0.2) is 64.6 Å². The molecule has 1 atom stereocenters. The van der Waals surface area contributed by atoms with Gasteiger partial charge in [0.25, 0.3) is 5.91 Å². The van der Waals surface area contributed by atoms with Crippen LogP contribution in [0.1, 0.15) is 35.1 Å². The molecule has 0 radical (unpaired) electrons. The van der Waals surface area contributed by atoms with Crippen LogP contribution >= 0.6 is 11.8 Å². The monoisotopic (exact) mass is 394 g/mol. The van der Waals surface area contributed by atoms with Crippen LogP contribution in [0.3, 0.4) is 0 Å². The number of carbonyl (C=O) groups is 1. The molecule has 1 amide bonds. The van der Waals surface area contributed by atoms with E-state index in [9.17, 15) is 13.2 Å². The molecule has 2 N–H and O–H groups in total. The van der Waals surface area contributed by atoms with Crippen molar-refractivity contribution in [2.24, 2.45) is 0 Å². The standard InChI is InChI=1S/C17H22N4O3S2/c22-17(21-6-2-4-16(21)14-3-1-5-18-14)15-11-13(12-19-15)26(23,24)20-7-9-25-10-8-20/h1,3,5,11-12,16,18-19H,2,4,6-10H2. The number of nitrogens with zero attached hydrogens (tertiary/aromatic N) is 2. The number of amides is 1. The number of likely N-dealkylation sites (tertiary alicyclic amines) is 1. The van der Waals surface area contributed by atoms with Gasteiger partial charge in [-0.2, -0.15) is 16.1 Å². The molecule has 1 unspecified atom stereocenters. The van der Waals surface area contributed by atoms with Crippen molar-refractivity contribution >= 4 is 27.7 Å². The molecule has 9 heteroatoms. The Kier molecular flexibility index (Phi) is 4.85. The minimum Gasteiger partial charge on any atom is -0.363 e. The summed E-state index contributed by atoms with van der Waals surface area (Å²) < 4.78 is 27.0. The topological polar surface area (TPSA) is 89.3 Å². The molecule has 0 aromatic carbocycles. The van der Waals surface area contributed by atoms with E-state index in [2.05, 4.69) is 9.97 Å². The zero-order valence-corrected chi connectivity index (χ0v) is 16.0. The Bertz CT molecular complexity index is 870. The second kappa shape index (κ2) is 7.13. The molecule has 2 aliphatic rings. The van der Waals surface area contributed by atoms with Crippen molar-refractivity contribution in [2.45, 2.75) is 23.8 Å². The Morgan fingerprint density at radius 3 is 2.73 bits per heavy atom. The van der Waals surface area contributed by atoms with Crippen molar-refractivity contribution in [3.05, 3.63) is 42.0 Å². The van der Waals surface area contributed by atoms with Crippen molar-refractivity contribution in [3.63, 3.8) is 0 Å². The number of H-pyrrole nitrogens is 2. The van der Waals surface area contributed by atoms with Gasteiger partial charge in [0.1, 0.15) is 10.6 Å². The maximum atomic E-state index is 12.9. The number of nitrogens with one attached hydrogen (secondary N) is 2. The molecular weight excluding hydrogens is 372 g/mol. The van der Waals surface area contributed by atoms with E-state index in [1.807, 2.05) is 23.2 Å². The van der Waals surface area contributed by atoms with Gasteiger partial charge in [-0.15, -0.1) is 0 Å². The van der Waals surface area contributed by atoms with Crippen LogP contribution in [0.4, 0.5) is 0 Å². The van der Waals surface area contributed by atoms with Crippen LogP contribution in [0.15, 0.2) is 35.5 Å². The summed E-state index contributed by atoms with van der Waals surface area (Å²) >= 11 is 1.76. The van der Waals surface area contributed by atoms with Crippen LogP contribution in [0, 0.1) is 0 Å². The third kappa shape index (κ3) is 3.19. The van der Waals surface area contributed by atoms with E-state index in [0.29, 0.717) is 25.3 Å². The lowest BCUT2D eigenvalue weighted by molar-refractivity contribution is 0.0728. The molecule has 2 aromatic heterocycles. The van der Waals surface area contributed by atoms with E-state index in [-0.39, 0.29) is 16.8 Å². The van der Waals surface area contributed by atoms with Crippen LogP contribution in [0.25, 0.3) is 0 Å². The summed E-state index contributed by atoms with van der Waals surface area (Å²) in [5, 5.41) is 0. The SMILES string of the molecule is O=C(c1cc(S(=O)(=O)N2CCSCC2)c[nH]1)N1CCCC1c1ccc[nH]1. The molecule has 2 aliphatic heterocycles. The number of thioether (sulfide) groups is 1. The molecule has 26 heavy (non-hydrogen) atoms. The summed E-state index contributed by atoms with van der Waals surface area (Å²) in [6.45, 7) is 1.71. The average Bonchev–Trinajstić information content (AvgIpc) is 3.42. The Morgan fingerprint density at radius 2 is 2.00 bits per heavy atom. The molecular formula is C17H22N4O3S2. The number of carbonyl (C=O) groups excluding carboxylic acids is 1. The fourth-order valence-electron chi connectivity index (χ4n) is 3.62. The first-order valence-corrected chi connectivity index (χ1v) is 11.4. The highest BCUT2D eigenvalue weighted by atomic mass is 32.2. The lowest BCUT2D eigenvalue weighted by Gasteiger charge is -2.25. The summed E-state index contributed by atoms with van der Waals surface area (Å²) in [4.78, 5) is 21.0. The number of sulfonamides is 1. The summed E-state index contributed by atoms with van der Waals surface area (Å²) in [6, 6.07) is 5.39. The first-order chi connectivity index (χ1) is 12.6. The van der Waals surface area contributed by atoms with E-state index in [1.54, 1.807) is 11.8 Å². The number of hydrogen-bond acceptors (Lipinski definition) is 4. The summed E-state index contributed by atoms with van der Waals surface area (Å²) in [6.07, 6.45) is 5.13. The van der Waals surface area contributed by atoms with E-state index in [1.165, 1.54) is 16.6 Å². The van der Waals surface area contributed by atoms with Gasteiger partial charge in [-0.1, -0.05) is 0 Å². The van der Waals surface area contributed by atoms with Crippen molar-refractivity contribution in [3.8, 4) is 0 Å². The maximum absolute atomic E-state index is 12.9. The zero-order chi connectivity index (χ0) is 18.1. The maximum Gasteiger partial charge on any atom is 0.270 e. The molecule has 0 aliphatic carbocycles. The van der Waals surface area contributed by atoms with Gasteiger partial charge in [0.15, 0.2) is 0 Å². The first kappa shape index (κ1) is 17.7. The highest BCUT2D eigenvalue weighted by Crippen LogP contribution is 2.32. The Hall–Kier alpha value is -1.71. The molecule has 7 nitrogen and oxygen atoms in total. The molecule has 4 rings (SSSR count). The molecule has 0 bridgehead atoms. The molecule has 0 saturated carbocycles. The number of hydrogen-bond donors (Lipinski definition) is 2. The van der Waals surface area contributed by atoms with Crippen LogP contribution in [-0.2, 0) is 10.0 Å². The van der Waals surface area contributed by atoms with Gasteiger partial charge in [0.05, 0.1) is 6.04 Å². The minimum atomic E-state index is -3.54. The number of rotatable bonds is 4. The fourth-order valence-corrected chi connectivity index (χ4v) is 6.19. The minimum absolute atomic E-state index is 0.0139. The van der Waals surface area contributed by atoms with Crippen molar-refractivity contribution < 1.29 is 13.2 Å². The molecule has 140 valence electrons. The smallest absolute Gasteiger partial charge is 0.270 e. The predicted octanol–water partition coefficient (Wildman–Crippen LogP) is 2.06. The highest BCUT2D eigenvalue weighted by molar-refractivity contribution is 7.99. The van der Waals surface area contributed by atoms with Crippen molar-refractivity contribution in [1.29, 1.82) is 0 Å². The molecule has 2 fully saturated rings. The van der Waals surface area contributed by atoms with Gasteiger partial charge >= 0.3 is 0 Å². The summed E-state index contributed by atoms with van der Waals surface area (Å²) in [5.74, 6) is 1.46. The summed E-state index contributed by atoms with van der Waals surface area (Å²) in [7, 11) is -3.54. The van der Waals surface area contributed by atoms with E-state index in [0.717, 1.165) is 30.0 Å². The largest absolute Gasteiger partial charge is 0.363 e. The fraction of sp³-hybridized carbons (Fsp3) is 0.471. The normalized spacial score (nSPS) is 22.0. The second-order valence-corrected chi connectivity index (χ2v) is 9.71. The summed E-state index contributed by atoms with van der Waals surface area (Å²) in [5.41, 5.74) is 1.34. The van der Waals surface area contributed by atoms with Crippen molar-refractivity contribution in [2.75, 3.05) is 31.1 Å². The average molecular weight is 395 g/mol. The number of aromatic amines is 2. The lowest BCUT2D eigenvalue weighted by atomic mass is 10.1. The lowest BCUT2D eigenvalue weighted by Crippen LogP contribution is -2.37. The zero-order valence-electron chi connectivity index (χ0n) is 14.3. The van der Waals surface area contributed by atoms with E-state index >= 15 is 0 Å². The molecule has 4 heterocycles. The van der Waals surface area contributed by atoms with E-state index in [4.69, 9.17) is 0 Å². The Morgan fingerprint density at radius 1 is 1.19 bits per heavy atom. The van der Waals surface area contributed by atoms with Gasteiger partial charge in [-0.3, -0.25) is 4.79 Å². The van der Waals surface area contributed by atoms with Crippen molar-refractivity contribution in [1.82, 2.24) is 19.2 Å². The molecule has 2 saturated heterocycles. The van der Waals surface area contributed by atoms with Gasteiger partial charge < -0.3 is 14.9 Å². The van der Waals surface area contributed by atoms with Gasteiger partial charge in [0.2, 0.25) is 10.0 Å². The Labute approximate surface area is 157 Å². The van der Waals surface area contributed by atoms with Gasteiger partial charge in [-0.25, -0.2) is 8.42 Å². The molecule has 0 spiro atoms. The van der Waals surface area contributed by atoms with Crippen LogP contribution in [0.5, 0.6) is 0 Å². The van der Waals surface area contributed by atoms with Crippen LogP contribution in [0.2, 0.25) is 0 Å². The van der Waals surface area contributed by atoms with Gasteiger partial charge in [0, 0.05) is 49.2 Å². The van der Waals surface area contributed by atoms with Gasteiger partial charge in [-0.05, 0) is 31.0 Å². The molecule has 2 aromatic rings. The predicted molar refractivity (Wildman–Crippen MR) is 101 cm³/mol. The third-order valence-electron chi connectivity index (χ3n) is 4.99. The van der Waals surface area contributed by atoms with E-state index < -0.39 is 10.0 Å².